The second-order valence-corrected chi connectivity index (χ2v) is 8.91. The number of methoxy groups -OCH3 is 2. The predicted octanol–water partition coefficient (Wildman–Crippen LogP) is 1.55. The van der Waals surface area contributed by atoms with Gasteiger partial charge in [-0.1, -0.05) is 12.1 Å². The van der Waals surface area contributed by atoms with Crippen LogP contribution in [0.25, 0.3) is 0 Å². The summed E-state index contributed by atoms with van der Waals surface area (Å²) in [5.74, 6) is -0.0571. The lowest BCUT2D eigenvalue weighted by Crippen LogP contribution is -2.33. The highest BCUT2D eigenvalue weighted by Gasteiger charge is 2.31. The molecule has 176 valence electrons. The van der Waals surface area contributed by atoms with Crippen LogP contribution in [0.15, 0.2) is 52.4 Å². The van der Waals surface area contributed by atoms with Gasteiger partial charge in [0.05, 0.1) is 25.2 Å². The number of amidine groups is 1. The van der Waals surface area contributed by atoms with Crippen LogP contribution < -0.4 is 19.5 Å². The second-order valence-electron chi connectivity index (χ2n) is 7.26. The molecule has 33 heavy (non-hydrogen) atoms. The molecule has 2 N–H and O–H groups in total. The summed E-state index contributed by atoms with van der Waals surface area (Å²) in [5, 5.41) is 2.73. The number of amides is 1. The van der Waals surface area contributed by atoms with Gasteiger partial charge >= 0.3 is 5.97 Å². The number of nitrogens with zero attached hydrogens (tertiary/aromatic N) is 1. The molecule has 1 unspecified atom stereocenters. The number of rotatable bonds is 8. The van der Waals surface area contributed by atoms with Crippen molar-refractivity contribution in [1.29, 1.82) is 0 Å². The van der Waals surface area contributed by atoms with E-state index >= 15 is 0 Å². The van der Waals surface area contributed by atoms with Crippen molar-refractivity contribution in [3.63, 3.8) is 0 Å². The van der Waals surface area contributed by atoms with Crippen LogP contribution in [0.3, 0.4) is 0 Å². The molecule has 0 saturated heterocycles. The highest BCUT2D eigenvalue weighted by Crippen LogP contribution is 2.29. The van der Waals surface area contributed by atoms with Crippen molar-refractivity contribution in [3.05, 3.63) is 53.6 Å². The van der Waals surface area contributed by atoms with Gasteiger partial charge in [-0.3, -0.25) is 14.5 Å². The average Bonchev–Trinajstić information content (AvgIpc) is 3.06. The van der Waals surface area contributed by atoms with Gasteiger partial charge in [0.1, 0.15) is 23.4 Å². The van der Waals surface area contributed by atoms with Gasteiger partial charge in [-0.2, -0.15) is 0 Å². The number of aliphatic imine (C=N–C) groups is 1. The maximum atomic E-state index is 12.3. The van der Waals surface area contributed by atoms with E-state index in [1.54, 1.807) is 43.3 Å². The van der Waals surface area contributed by atoms with E-state index in [0.29, 0.717) is 22.6 Å². The van der Waals surface area contributed by atoms with Crippen LogP contribution >= 0.6 is 0 Å². The smallest absolute Gasteiger partial charge is 0.331 e. The fraction of sp³-hybridized carbons (Fsp3) is 0.318. The van der Waals surface area contributed by atoms with E-state index < -0.39 is 40.6 Å². The fourth-order valence-electron chi connectivity index (χ4n) is 3.27. The Morgan fingerprint density at radius 3 is 2.52 bits per heavy atom. The fourth-order valence-corrected chi connectivity index (χ4v) is 4.51. The van der Waals surface area contributed by atoms with Crippen LogP contribution in [0.4, 0.5) is 0 Å². The summed E-state index contributed by atoms with van der Waals surface area (Å²) in [6.07, 6.45) is 0. The first-order valence-electron chi connectivity index (χ1n) is 10.0. The summed E-state index contributed by atoms with van der Waals surface area (Å²) >= 11 is 0. The first-order chi connectivity index (χ1) is 15.7. The molecule has 11 heteroatoms. The van der Waals surface area contributed by atoms with Gasteiger partial charge in [-0.05, 0) is 44.2 Å². The summed E-state index contributed by atoms with van der Waals surface area (Å²) in [5.41, 5.74) is 1.07. The summed E-state index contributed by atoms with van der Waals surface area (Å²) in [4.78, 5) is 28.9. The van der Waals surface area contributed by atoms with Gasteiger partial charge in [0.2, 0.25) is 0 Å². The lowest BCUT2D eigenvalue weighted by molar-refractivity contribution is -0.149. The lowest BCUT2D eigenvalue weighted by Gasteiger charge is -2.18. The number of carbonyl (C=O) groups is 2. The Morgan fingerprint density at radius 2 is 1.82 bits per heavy atom. The number of sulfonamides is 1. The van der Waals surface area contributed by atoms with Crippen LogP contribution in [-0.4, -0.2) is 53.0 Å². The van der Waals surface area contributed by atoms with Crippen molar-refractivity contribution in [2.24, 2.45) is 4.99 Å². The Kier molecular flexibility index (Phi) is 7.22. The molecule has 1 aliphatic heterocycles. The minimum atomic E-state index is -3.72. The van der Waals surface area contributed by atoms with Crippen molar-refractivity contribution in [2.75, 3.05) is 20.8 Å². The normalized spacial score (nSPS) is 16.8. The second kappa shape index (κ2) is 9.90. The Bertz CT molecular complexity index is 1190. The highest BCUT2D eigenvalue weighted by atomic mass is 32.2. The first-order valence-corrected chi connectivity index (χ1v) is 11.5. The minimum absolute atomic E-state index is 0.0539. The molecule has 10 nitrogen and oxygen atoms in total. The molecular weight excluding hydrogens is 450 g/mol. The zero-order valence-corrected chi connectivity index (χ0v) is 19.4. The van der Waals surface area contributed by atoms with E-state index in [9.17, 15) is 18.0 Å². The number of ether oxygens (including phenoxy) is 3. The Labute approximate surface area is 192 Å². The highest BCUT2D eigenvalue weighted by molar-refractivity contribution is 7.90. The molecule has 1 heterocycles. The van der Waals surface area contributed by atoms with E-state index in [1.165, 1.54) is 27.2 Å². The summed E-state index contributed by atoms with van der Waals surface area (Å²) in [6.45, 7) is 2.69. The lowest BCUT2D eigenvalue weighted by atomic mass is 10.1. The molecular formula is C22H25N3O7S. The van der Waals surface area contributed by atoms with Crippen LogP contribution in [-0.2, 0) is 24.3 Å². The number of fused-ring (bicyclic) bond motifs is 1. The van der Waals surface area contributed by atoms with E-state index in [-0.39, 0.29) is 10.7 Å². The third kappa shape index (κ3) is 5.43. The SMILES string of the molecule is COc1ccc(OC)c(C(C)NC(=O)COC(=O)[C@H](C)N=C2NS(=O)(=O)c3ccccc32)c1. The molecule has 2 atom stereocenters. The molecule has 0 saturated carbocycles. The number of esters is 1. The van der Waals surface area contributed by atoms with Gasteiger partial charge in [0, 0.05) is 11.1 Å². The molecule has 2 aromatic rings. The summed E-state index contributed by atoms with van der Waals surface area (Å²) in [6, 6.07) is 10.0. The zero-order valence-electron chi connectivity index (χ0n) is 18.6. The van der Waals surface area contributed by atoms with Gasteiger partial charge in [0.15, 0.2) is 6.61 Å². The molecule has 0 aromatic heterocycles. The number of nitrogens with one attached hydrogen (secondary N) is 2. The minimum Gasteiger partial charge on any atom is -0.497 e. The van der Waals surface area contributed by atoms with Crippen LogP contribution in [0.5, 0.6) is 11.5 Å². The molecule has 2 aromatic carbocycles. The Hall–Kier alpha value is -3.60. The van der Waals surface area contributed by atoms with E-state index in [1.807, 2.05) is 0 Å². The van der Waals surface area contributed by atoms with Gasteiger partial charge in [-0.25, -0.2) is 13.2 Å². The van der Waals surface area contributed by atoms with Crippen LogP contribution in [0, 0.1) is 0 Å². The number of benzene rings is 2. The van der Waals surface area contributed by atoms with Gasteiger partial charge < -0.3 is 19.5 Å². The zero-order chi connectivity index (χ0) is 24.2. The van der Waals surface area contributed by atoms with Crippen molar-refractivity contribution in [2.45, 2.75) is 30.8 Å². The van der Waals surface area contributed by atoms with Crippen LogP contribution in [0.1, 0.15) is 31.0 Å². The molecule has 0 radical (unpaired) electrons. The monoisotopic (exact) mass is 475 g/mol. The first kappa shape index (κ1) is 24.1. The molecule has 1 aliphatic rings. The largest absolute Gasteiger partial charge is 0.497 e. The molecule has 0 fully saturated rings. The number of hydrogen-bond acceptors (Lipinski definition) is 8. The standard InChI is InChI=1S/C22H25N3O7S/c1-13(17-11-15(30-3)9-10-18(17)31-4)23-20(26)12-32-22(27)14(2)24-21-16-7-5-6-8-19(16)33(28,29)25-21/h5-11,13-14H,12H2,1-4H3,(H,23,26)(H,24,25)/t13?,14-/m0/s1. The molecule has 0 spiro atoms. The maximum Gasteiger partial charge on any atom is 0.331 e. The summed E-state index contributed by atoms with van der Waals surface area (Å²) in [7, 11) is -0.662. The van der Waals surface area contributed by atoms with Crippen molar-refractivity contribution in [1.82, 2.24) is 10.0 Å². The van der Waals surface area contributed by atoms with E-state index in [0.717, 1.165) is 0 Å². The summed E-state index contributed by atoms with van der Waals surface area (Å²) < 4.78 is 42.2. The van der Waals surface area contributed by atoms with Crippen LogP contribution in [0.2, 0.25) is 0 Å². The molecule has 3 rings (SSSR count). The van der Waals surface area contributed by atoms with E-state index in [4.69, 9.17) is 14.2 Å². The van der Waals surface area contributed by atoms with Crippen molar-refractivity contribution < 1.29 is 32.2 Å². The predicted molar refractivity (Wildman–Crippen MR) is 120 cm³/mol. The quantitative estimate of drug-likeness (QED) is 0.554. The third-order valence-electron chi connectivity index (χ3n) is 4.95. The molecule has 0 aliphatic carbocycles. The van der Waals surface area contributed by atoms with Crippen molar-refractivity contribution >= 4 is 27.7 Å². The number of carbonyl (C=O) groups excluding carboxylic acids is 2. The third-order valence-corrected chi connectivity index (χ3v) is 6.35. The maximum absolute atomic E-state index is 12.3. The molecule has 0 bridgehead atoms. The molecule has 1 amide bonds. The number of hydrogen-bond donors (Lipinski definition) is 2. The van der Waals surface area contributed by atoms with Gasteiger partial charge in [0.25, 0.3) is 15.9 Å². The topological polar surface area (TPSA) is 132 Å². The Morgan fingerprint density at radius 1 is 1.09 bits per heavy atom. The van der Waals surface area contributed by atoms with Crippen molar-refractivity contribution in [3.8, 4) is 11.5 Å². The van der Waals surface area contributed by atoms with E-state index in [2.05, 4.69) is 15.0 Å². The average molecular weight is 476 g/mol. The Balaban J connectivity index is 1.60. The van der Waals surface area contributed by atoms with Gasteiger partial charge in [-0.15, -0.1) is 0 Å².